The monoisotopic (exact) mass is 357 g/mol. The number of carbonyl (C=O) groups is 1. The van der Waals surface area contributed by atoms with Gasteiger partial charge in [-0.15, -0.1) is 11.3 Å². The van der Waals surface area contributed by atoms with Crippen LogP contribution in [0.15, 0.2) is 24.4 Å². The van der Waals surface area contributed by atoms with Gasteiger partial charge in [0.15, 0.2) is 0 Å². The molecule has 2 heterocycles. The molecule has 3 rings (SSSR count). The number of aromatic nitrogens is 1. The molecule has 1 aliphatic rings. The van der Waals surface area contributed by atoms with Gasteiger partial charge in [-0.1, -0.05) is 11.6 Å². The lowest BCUT2D eigenvalue weighted by Gasteiger charge is -2.15. The van der Waals surface area contributed by atoms with Gasteiger partial charge in [0.25, 0.3) is 5.91 Å². The van der Waals surface area contributed by atoms with Crippen LogP contribution in [-0.2, 0) is 0 Å². The van der Waals surface area contributed by atoms with Gasteiger partial charge < -0.3 is 10.6 Å². The van der Waals surface area contributed by atoms with Gasteiger partial charge in [-0.3, -0.25) is 4.79 Å². The van der Waals surface area contributed by atoms with Gasteiger partial charge in [-0.25, -0.2) is 9.37 Å². The minimum absolute atomic E-state index is 0.00926. The lowest BCUT2D eigenvalue weighted by Crippen LogP contribution is -2.40. The average Bonchev–Trinajstić information content (AvgIpc) is 3.08. The van der Waals surface area contributed by atoms with Gasteiger partial charge in [-0.05, 0) is 31.2 Å². The smallest absolute Gasteiger partial charge is 0.263 e. The van der Waals surface area contributed by atoms with Crippen LogP contribution in [0.1, 0.15) is 16.1 Å². The van der Waals surface area contributed by atoms with E-state index in [0.29, 0.717) is 20.5 Å². The minimum Gasteiger partial charge on any atom is -0.346 e. The zero-order valence-electron chi connectivity index (χ0n) is 11.3. The number of amides is 1. The summed E-state index contributed by atoms with van der Waals surface area (Å²) in [4.78, 5) is 16.9. The fourth-order valence-corrected chi connectivity index (χ4v) is 3.65. The molecule has 0 saturated carbocycles. The van der Waals surface area contributed by atoms with E-state index in [1.54, 1.807) is 6.07 Å². The molecule has 1 aromatic carbocycles. The predicted octanol–water partition coefficient (Wildman–Crippen LogP) is 2.95. The molecule has 0 aliphatic carbocycles. The van der Waals surface area contributed by atoms with Crippen LogP contribution in [0.3, 0.4) is 0 Å². The molecule has 8 heteroatoms. The molecule has 4 nitrogen and oxygen atoms in total. The summed E-state index contributed by atoms with van der Waals surface area (Å²) in [6.45, 7) is 0.828. The Bertz CT molecular complexity index is 689. The number of nitrogens with one attached hydrogen (secondary N) is 2. The molecule has 1 fully saturated rings. The third-order valence-corrected chi connectivity index (χ3v) is 5.15. The quantitative estimate of drug-likeness (QED) is 0.740. The maximum atomic E-state index is 13.4. The van der Waals surface area contributed by atoms with Crippen molar-refractivity contribution in [1.29, 1.82) is 0 Å². The molecule has 2 aromatic rings. The Kier molecular flexibility index (Phi) is 4.67. The highest BCUT2D eigenvalue weighted by Gasteiger charge is 2.26. The number of thiazole rings is 1. The van der Waals surface area contributed by atoms with Gasteiger partial charge >= 0.3 is 0 Å². The number of nitrogens with zero attached hydrogens (tertiary/aromatic N) is 1. The third kappa shape index (κ3) is 3.43. The van der Waals surface area contributed by atoms with Crippen LogP contribution >= 0.6 is 35.6 Å². The van der Waals surface area contributed by atoms with E-state index in [1.165, 1.54) is 29.7 Å². The first kappa shape index (κ1) is 15.7. The van der Waals surface area contributed by atoms with E-state index in [2.05, 4.69) is 28.2 Å². The van der Waals surface area contributed by atoms with Crippen molar-refractivity contribution in [2.45, 2.75) is 17.8 Å². The third-order valence-electron chi connectivity index (χ3n) is 3.35. The van der Waals surface area contributed by atoms with Gasteiger partial charge in [0.1, 0.15) is 15.7 Å². The molecular weight excluding hydrogens is 345 g/mol. The second-order valence-electron chi connectivity index (χ2n) is 4.96. The first-order valence-electron chi connectivity index (χ1n) is 6.67. The van der Waals surface area contributed by atoms with Crippen molar-refractivity contribution in [2.24, 2.45) is 0 Å². The number of benzene rings is 1. The molecule has 0 spiro atoms. The Morgan fingerprint density at radius 1 is 1.50 bits per heavy atom. The van der Waals surface area contributed by atoms with Crippen molar-refractivity contribution in [2.75, 3.05) is 6.54 Å². The Labute approximate surface area is 141 Å². The predicted molar refractivity (Wildman–Crippen MR) is 89.2 cm³/mol. The van der Waals surface area contributed by atoms with Crippen molar-refractivity contribution in [3.8, 4) is 10.6 Å². The lowest BCUT2D eigenvalue weighted by atomic mass is 10.2. The van der Waals surface area contributed by atoms with Crippen LogP contribution in [-0.4, -0.2) is 28.9 Å². The Hall–Kier alpha value is -1.15. The van der Waals surface area contributed by atoms with Crippen molar-refractivity contribution in [3.63, 3.8) is 0 Å². The summed E-state index contributed by atoms with van der Waals surface area (Å²) in [5.74, 6) is -0.627. The van der Waals surface area contributed by atoms with E-state index >= 15 is 0 Å². The lowest BCUT2D eigenvalue weighted by molar-refractivity contribution is 0.0942. The van der Waals surface area contributed by atoms with E-state index in [-0.39, 0.29) is 17.3 Å². The Morgan fingerprint density at radius 2 is 2.32 bits per heavy atom. The number of hydrogen-bond acceptors (Lipinski definition) is 5. The molecule has 116 valence electrons. The van der Waals surface area contributed by atoms with Gasteiger partial charge in [0.2, 0.25) is 0 Å². The van der Waals surface area contributed by atoms with E-state index in [0.717, 1.165) is 13.0 Å². The summed E-state index contributed by atoms with van der Waals surface area (Å²) < 4.78 is 13.4. The molecule has 1 aliphatic heterocycles. The van der Waals surface area contributed by atoms with Crippen LogP contribution in [0.5, 0.6) is 0 Å². The van der Waals surface area contributed by atoms with Crippen LogP contribution in [0.25, 0.3) is 10.6 Å². The van der Waals surface area contributed by atoms with Gasteiger partial charge in [0.05, 0.1) is 17.6 Å². The molecule has 0 bridgehead atoms. The van der Waals surface area contributed by atoms with Crippen LogP contribution in [0.4, 0.5) is 4.39 Å². The van der Waals surface area contributed by atoms with Crippen molar-refractivity contribution < 1.29 is 9.18 Å². The van der Waals surface area contributed by atoms with Crippen LogP contribution in [0, 0.1) is 5.82 Å². The molecule has 0 radical (unpaired) electrons. The SMILES string of the molecule is O=C(N[C@H]1CCN[C@H]1S)c1cnc(-c2cc(F)cc(Cl)c2)s1. The molecule has 1 aromatic heterocycles. The van der Waals surface area contributed by atoms with E-state index in [4.69, 9.17) is 11.6 Å². The molecule has 1 amide bonds. The second kappa shape index (κ2) is 6.54. The summed E-state index contributed by atoms with van der Waals surface area (Å²) in [5, 5.41) is 6.88. The van der Waals surface area contributed by atoms with Crippen LogP contribution in [0.2, 0.25) is 5.02 Å². The van der Waals surface area contributed by atoms with Gasteiger partial charge in [0, 0.05) is 10.6 Å². The Morgan fingerprint density at radius 3 is 3.00 bits per heavy atom. The topological polar surface area (TPSA) is 54.0 Å². The van der Waals surface area contributed by atoms with E-state index in [1.807, 2.05) is 0 Å². The molecule has 2 N–H and O–H groups in total. The normalized spacial score (nSPS) is 21.0. The molecular formula is C14H13ClFN3OS2. The van der Waals surface area contributed by atoms with E-state index in [9.17, 15) is 9.18 Å². The number of thiol groups is 1. The van der Waals surface area contributed by atoms with Crippen LogP contribution < -0.4 is 10.6 Å². The number of halogens is 2. The Balaban J connectivity index is 1.76. The zero-order valence-corrected chi connectivity index (χ0v) is 13.8. The molecule has 2 atom stereocenters. The number of rotatable bonds is 3. The van der Waals surface area contributed by atoms with Crippen molar-refractivity contribution in [3.05, 3.63) is 40.1 Å². The highest BCUT2D eigenvalue weighted by molar-refractivity contribution is 7.81. The summed E-state index contributed by atoms with van der Waals surface area (Å²) in [6, 6.07) is 4.18. The maximum absolute atomic E-state index is 13.4. The summed E-state index contributed by atoms with van der Waals surface area (Å²) in [5.41, 5.74) is 0.559. The summed E-state index contributed by atoms with van der Waals surface area (Å²) in [7, 11) is 0. The second-order valence-corrected chi connectivity index (χ2v) is 6.98. The highest BCUT2D eigenvalue weighted by atomic mass is 35.5. The molecule has 22 heavy (non-hydrogen) atoms. The van der Waals surface area contributed by atoms with Crippen molar-refractivity contribution >= 4 is 41.5 Å². The molecule has 1 saturated heterocycles. The standard InChI is InChI=1S/C14H13ClFN3OS2/c15-8-3-7(4-9(16)5-8)14-18-6-11(22-14)12(20)19-10-1-2-17-13(10)21/h3-6,10,13,17,21H,1-2H2,(H,19,20)/t10-,13-/m0/s1. The fourth-order valence-electron chi connectivity index (χ4n) is 2.27. The minimum atomic E-state index is -0.432. The molecule has 0 unspecified atom stereocenters. The number of hydrogen-bond donors (Lipinski definition) is 3. The maximum Gasteiger partial charge on any atom is 0.263 e. The average molecular weight is 358 g/mol. The van der Waals surface area contributed by atoms with Crippen molar-refractivity contribution in [1.82, 2.24) is 15.6 Å². The summed E-state index contributed by atoms with van der Waals surface area (Å²) >= 11 is 11.4. The largest absolute Gasteiger partial charge is 0.346 e. The van der Waals surface area contributed by atoms with Gasteiger partial charge in [-0.2, -0.15) is 12.6 Å². The zero-order chi connectivity index (χ0) is 15.7. The van der Waals surface area contributed by atoms with E-state index < -0.39 is 5.82 Å². The fraction of sp³-hybridized carbons (Fsp3) is 0.286. The highest BCUT2D eigenvalue weighted by Crippen LogP contribution is 2.28. The first-order chi connectivity index (χ1) is 10.5. The first-order valence-corrected chi connectivity index (χ1v) is 8.38. The summed E-state index contributed by atoms with van der Waals surface area (Å²) in [6.07, 6.45) is 2.33. The number of carbonyl (C=O) groups excluding carboxylic acids is 1.